The fourth-order valence-electron chi connectivity index (χ4n) is 7.13. The Morgan fingerprint density at radius 2 is 0.815 bits per heavy atom. The molecule has 0 heterocycles. The van der Waals surface area contributed by atoms with E-state index in [1.54, 1.807) is 21.1 Å². The van der Waals surface area contributed by atoms with Crippen molar-refractivity contribution in [3.05, 3.63) is 0 Å². The molecule has 0 N–H and O–H groups in total. The zero-order chi connectivity index (χ0) is 40.0. The quantitative estimate of drug-likeness (QED) is 0.0346. The molecule has 2 atom stereocenters. The molecular weight excluding hydrogens is 679 g/mol. The van der Waals surface area contributed by atoms with Crippen LogP contribution in [0.3, 0.4) is 0 Å². The number of esters is 2. The Hall–Kier alpha value is -1.67. The van der Waals surface area contributed by atoms with Crippen LogP contribution >= 0.6 is 0 Å². The molecule has 0 aliphatic carbocycles. The van der Waals surface area contributed by atoms with Crippen LogP contribution in [-0.2, 0) is 28.6 Å². The summed E-state index contributed by atoms with van der Waals surface area (Å²) in [4.78, 5) is 36.9. The number of carboxylic acids is 1. The van der Waals surface area contributed by atoms with Crippen molar-refractivity contribution in [1.82, 2.24) is 0 Å². The average Bonchev–Trinajstić information content (AvgIpc) is 3.12. The lowest BCUT2D eigenvalue weighted by Gasteiger charge is -2.34. The summed E-state index contributed by atoms with van der Waals surface area (Å²) < 4.78 is 17.2. The first-order chi connectivity index (χ1) is 26.1. The van der Waals surface area contributed by atoms with E-state index in [9.17, 15) is 19.5 Å². The summed E-state index contributed by atoms with van der Waals surface area (Å²) in [5.41, 5.74) is 0. The van der Waals surface area contributed by atoms with Crippen LogP contribution in [0.4, 0.5) is 0 Å². The number of unbranched alkanes of at least 4 members (excludes halogenated alkanes) is 28. The molecule has 0 bridgehead atoms. The Morgan fingerprint density at radius 1 is 0.481 bits per heavy atom. The summed E-state index contributed by atoms with van der Waals surface area (Å²) in [6.07, 6.45) is 38.3. The van der Waals surface area contributed by atoms with Gasteiger partial charge in [0.2, 0.25) is 0 Å². The van der Waals surface area contributed by atoms with Gasteiger partial charge in [0.1, 0.15) is 12.6 Å². The number of aliphatic carboxylic acids is 1. The second-order valence-electron chi connectivity index (χ2n) is 17.0. The minimum atomic E-state index is -1.12. The van der Waals surface area contributed by atoms with E-state index in [1.807, 2.05) is 0 Å². The lowest BCUT2D eigenvalue weighted by molar-refractivity contribution is -0.889. The third-order valence-corrected chi connectivity index (χ3v) is 10.7. The van der Waals surface area contributed by atoms with Gasteiger partial charge in [-0.2, -0.15) is 0 Å². The Kier molecular flexibility index (Phi) is 37.0. The van der Waals surface area contributed by atoms with E-state index in [0.29, 0.717) is 12.8 Å². The van der Waals surface area contributed by atoms with Gasteiger partial charge in [-0.3, -0.25) is 9.59 Å². The smallest absolute Gasteiger partial charge is 0.306 e. The maximum Gasteiger partial charge on any atom is 0.306 e. The Balaban J connectivity index is 4.27. The van der Waals surface area contributed by atoms with E-state index >= 15 is 0 Å². The topological polar surface area (TPSA) is 102 Å². The van der Waals surface area contributed by atoms with Gasteiger partial charge in [0, 0.05) is 19.3 Å². The highest BCUT2D eigenvalue weighted by Gasteiger charge is 2.25. The van der Waals surface area contributed by atoms with Crippen LogP contribution in [0.1, 0.15) is 226 Å². The van der Waals surface area contributed by atoms with Crippen LogP contribution in [0, 0.1) is 0 Å². The average molecular weight is 768 g/mol. The summed E-state index contributed by atoms with van der Waals surface area (Å²) in [7, 11) is 5.42. The van der Waals surface area contributed by atoms with E-state index in [1.165, 1.54) is 154 Å². The molecule has 0 radical (unpaired) electrons. The van der Waals surface area contributed by atoms with E-state index < -0.39 is 18.1 Å². The molecule has 0 aromatic carbocycles. The molecule has 0 rings (SSSR count). The van der Waals surface area contributed by atoms with Gasteiger partial charge >= 0.3 is 11.9 Å². The summed E-state index contributed by atoms with van der Waals surface area (Å²) in [6.45, 7) is 4.70. The molecular formula is C46H89NO7. The van der Waals surface area contributed by atoms with Crippen LogP contribution in [0.25, 0.3) is 0 Å². The second kappa shape index (κ2) is 38.2. The number of carbonyl (C=O) groups excluding carboxylic acids is 3. The number of carbonyl (C=O) groups is 3. The van der Waals surface area contributed by atoms with Gasteiger partial charge in [-0.1, -0.05) is 194 Å². The van der Waals surface area contributed by atoms with Crippen LogP contribution in [0.15, 0.2) is 0 Å². The summed E-state index contributed by atoms with van der Waals surface area (Å²) in [6, 6.07) is -0.719. The van der Waals surface area contributed by atoms with Gasteiger partial charge < -0.3 is 28.6 Å². The van der Waals surface area contributed by atoms with Crippen molar-refractivity contribution in [2.24, 2.45) is 0 Å². The fraction of sp³-hybridized carbons (Fsp3) is 0.935. The molecule has 0 aromatic rings. The monoisotopic (exact) mass is 768 g/mol. The number of quaternary nitrogens is 1. The van der Waals surface area contributed by atoms with Crippen molar-refractivity contribution < 1.29 is 38.2 Å². The molecule has 0 aliphatic rings. The van der Waals surface area contributed by atoms with Crippen LogP contribution in [0.5, 0.6) is 0 Å². The summed E-state index contributed by atoms with van der Waals surface area (Å²) in [5.74, 6) is -1.71. The van der Waals surface area contributed by atoms with Gasteiger partial charge in [0.25, 0.3) is 0 Å². The van der Waals surface area contributed by atoms with Gasteiger partial charge in [0.15, 0.2) is 6.10 Å². The zero-order valence-corrected chi connectivity index (χ0v) is 36.4. The molecule has 8 nitrogen and oxygen atoms in total. The number of rotatable bonds is 42. The van der Waals surface area contributed by atoms with Crippen molar-refractivity contribution in [3.8, 4) is 0 Å². The number of likely N-dealkylation sites (N-methyl/N-ethyl adjacent to an activating group) is 1. The highest BCUT2D eigenvalue weighted by atomic mass is 16.6. The number of nitrogens with zero attached hydrogens (tertiary/aromatic N) is 1. The molecule has 0 spiro atoms. The molecule has 0 saturated carbocycles. The maximum absolute atomic E-state index is 12.7. The Labute approximate surface area is 334 Å². The van der Waals surface area contributed by atoms with E-state index in [4.69, 9.17) is 14.2 Å². The van der Waals surface area contributed by atoms with E-state index in [0.717, 1.165) is 38.5 Å². The van der Waals surface area contributed by atoms with Crippen LogP contribution < -0.4 is 5.11 Å². The molecule has 2 unspecified atom stereocenters. The Bertz CT molecular complexity index is 858. The largest absolute Gasteiger partial charge is 0.544 e. The Morgan fingerprint density at radius 3 is 1.15 bits per heavy atom. The van der Waals surface area contributed by atoms with Crippen LogP contribution in [-0.4, -0.2) is 75.5 Å². The standard InChI is InChI=1S/C46H89NO7/c1-6-8-10-12-14-16-18-20-22-23-25-26-28-30-32-34-36-44(48)53-41-42(40-52-39-38-43(46(50)51)47(3,4)5)54-45(49)37-35-33-31-29-27-24-21-19-17-15-13-11-9-7-2/h42-43H,6-41H2,1-5H3. The fourth-order valence-corrected chi connectivity index (χ4v) is 7.13. The maximum atomic E-state index is 12.7. The highest BCUT2D eigenvalue weighted by molar-refractivity contribution is 5.70. The predicted octanol–water partition coefficient (Wildman–Crippen LogP) is 11.2. The number of ether oxygens (including phenoxy) is 3. The van der Waals surface area contributed by atoms with Gasteiger partial charge in [-0.15, -0.1) is 0 Å². The number of carboxylic acid groups (broad SMARTS) is 1. The first-order valence-corrected chi connectivity index (χ1v) is 23.1. The molecule has 0 fully saturated rings. The van der Waals surface area contributed by atoms with Gasteiger partial charge in [0.05, 0.1) is 40.3 Å². The number of hydrogen-bond acceptors (Lipinski definition) is 7. The van der Waals surface area contributed by atoms with Crippen molar-refractivity contribution in [2.75, 3.05) is 41.0 Å². The van der Waals surface area contributed by atoms with Crippen LogP contribution in [0.2, 0.25) is 0 Å². The first-order valence-electron chi connectivity index (χ1n) is 23.1. The van der Waals surface area contributed by atoms with Gasteiger partial charge in [-0.25, -0.2) is 0 Å². The molecule has 0 amide bonds. The highest BCUT2D eigenvalue weighted by Crippen LogP contribution is 2.16. The van der Waals surface area contributed by atoms with E-state index in [2.05, 4.69) is 13.8 Å². The van der Waals surface area contributed by atoms with Crippen molar-refractivity contribution in [3.63, 3.8) is 0 Å². The van der Waals surface area contributed by atoms with Crippen molar-refractivity contribution in [1.29, 1.82) is 0 Å². The zero-order valence-electron chi connectivity index (χ0n) is 36.4. The third kappa shape index (κ3) is 36.0. The SMILES string of the molecule is CCCCCCCCCCCCCCCCCCC(=O)OCC(COCCC(C(=O)[O-])[N+](C)(C)C)OC(=O)CCCCCCCCCCCCCCCC. The minimum absolute atomic E-state index is 0.0493. The number of hydrogen-bond donors (Lipinski definition) is 0. The lowest BCUT2D eigenvalue weighted by Crippen LogP contribution is -2.55. The normalized spacial score (nSPS) is 12.8. The third-order valence-electron chi connectivity index (χ3n) is 10.7. The molecule has 8 heteroatoms. The molecule has 320 valence electrons. The predicted molar refractivity (Wildman–Crippen MR) is 222 cm³/mol. The summed E-state index contributed by atoms with van der Waals surface area (Å²) >= 11 is 0. The second-order valence-corrected chi connectivity index (χ2v) is 17.0. The molecule has 54 heavy (non-hydrogen) atoms. The lowest BCUT2D eigenvalue weighted by atomic mass is 10.0. The first kappa shape index (κ1) is 52.3. The molecule has 0 aromatic heterocycles. The minimum Gasteiger partial charge on any atom is -0.544 e. The van der Waals surface area contributed by atoms with Crippen molar-refractivity contribution >= 4 is 17.9 Å². The molecule has 0 aliphatic heterocycles. The van der Waals surface area contributed by atoms with Crippen molar-refractivity contribution in [2.45, 2.75) is 238 Å². The summed E-state index contributed by atoms with van der Waals surface area (Å²) in [5, 5.41) is 11.6. The van der Waals surface area contributed by atoms with E-state index in [-0.39, 0.29) is 42.7 Å². The van der Waals surface area contributed by atoms with Gasteiger partial charge in [-0.05, 0) is 12.8 Å². The molecule has 0 saturated heterocycles.